The summed E-state index contributed by atoms with van der Waals surface area (Å²) in [6.07, 6.45) is 5.73. The van der Waals surface area contributed by atoms with Crippen LogP contribution in [0.25, 0.3) is 0 Å². The molecule has 6 nitrogen and oxygen atoms in total. The fraction of sp³-hybridized carbons (Fsp3) is 0.692. The van der Waals surface area contributed by atoms with Crippen molar-refractivity contribution in [2.24, 2.45) is 5.92 Å². The lowest BCUT2D eigenvalue weighted by Crippen LogP contribution is -2.43. The number of aromatic nitrogens is 2. The van der Waals surface area contributed by atoms with E-state index < -0.39 is 0 Å². The maximum absolute atomic E-state index is 12.2. The molecule has 1 fully saturated rings. The zero-order valence-corrected chi connectivity index (χ0v) is 11.3. The van der Waals surface area contributed by atoms with E-state index in [0.717, 1.165) is 25.7 Å². The van der Waals surface area contributed by atoms with Gasteiger partial charge >= 0.3 is 0 Å². The molecule has 2 rings (SSSR count). The van der Waals surface area contributed by atoms with Gasteiger partial charge in [0, 0.05) is 31.3 Å². The van der Waals surface area contributed by atoms with Crippen LogP contribution in [0.3, 0.4) is 0 Å². The Morgan fingerprint density at radius 1 is 1.58 bits per heavy atom. The van der Waals surface area contributed by atoms with Crippen molar-refractivity contribution in [3.05, 3.63) is 11.9 Å². The van der Waals surface area contributed by atoms with Crippen LogP contribution in [-0.4, -0.2) is 33.4 Å². The van der Waals surface area contributed by atoms with E-state index in [1.54, 1.807) is 10.9 Å². The molecule has 2 unspecified atom stereocenters. The Bertz CT molecular complexity index is 444. The summed E-state index contributed by atoms with van der Waals surface area (Å²) >= 11 is 0. The predicted molar refractivity (Wildman–Crippen MR) is 72.6 cm³/mol. The van der Waals surface area contributed by atoms with E-state index in [4.69, 9.17) is 5.73 Å². The monoisotopic (exact) mass is 266 g/mol. The number of amides is 1. The maximum Gasteiger partial charge on any atom is 0.274 e. The fourth-order valence-electron chi connectivity index (χ4n) is 2.63. The van der Waals surface area contributed by atoms with Gasteiger partial charge in [0.25, 0.3) is 5.91 Å². The van der Waals surface area contributed by atoms with E-state index in [1.807, 2.05) is 6.92 Å². The molecule has 1 aromatic heterocycles. The van der Waals surface area contributed by atoms with E-state index in [2.05, 4.69) is 10.4 Å². The average molecular weight is 266 g/mol. The normalized spacial score (nSPS) is 23.3. The van der Waals surface area contributed by atoms with Gasteiger partial charge in [0.1, 0.15) is 0 Å². The van der Waals surface area contributed by atoms with Crippen LogP contribution >= 0.6 is 0 Å². The number of aliphatic hydroxyl groups is 1. The second-order valence-corrected chi connectivity index (χ2v) is 5.10. The van der Waals surface area contributed by atoms with Crippen LogP contribution in [0.4, 0.5) is 5.69 Å². The summed E-state index contributed by atoms with van der Waals surface area (Å²) in [4.78, 5) is 12.2. The number of hydrogen-bond acceptors (Lipinski definition) is 4. The number of nitrogens with zero attached hydrogens (tertiary/aromatic N) is 2. The first-order valence-electron chi connectivity index (χ1n) is 6.90. The Balaban J connectivity index is 2.05. The van der Waals surface area contributed by atoms with Crippen LogP contribution in [-0.2, 0) is 6.54 Å². The summed E-state index contributed by atoms with van der Waals surface area (Å²) < 4.78 is 1.65. The Hall–Kier alpha value is -1.56. The van der Waals surface area contributed by atoms with Crippen LogP contribution in [0.1, 0.15) is 43.1 Å². The summed E-state index contributed by atoms with van der Waals surface area (Å²) in [5.41, 5.74) is 6.48. The molecule has 0 aromatic carbocycles. The van der Waals surface area contributed by atoms with Crippen molar-refractivity contribution in [3.8, 4) is 0 Å². The Kier molecular flexibility index (Phi) is 4.42. The number of nitrogens with two attached hydrogens (primary N) is 1. The molecule has 19 heavy (non-hydrogen) atoms. The summed E-state index contributed by atoms with van der Waals surface area (Å²) in [7, 11) is 0. The third-order valence-corrected chi connectivity index (χ3v) is 3.79. The van der Waals surface area contributed by atoms with Crippen LogP contribution in [0.2, 0.25) is 0 Å². The Labute approximate surface area is 113 Å². The molecule has 0 bridgehead atoms. The molecular formula is C13H22N4O2. The first-order chi connectivity index (χ1) is 9.15. The van der Waals surface area contributed by atoms with Gasteiger partial charge in [-0.25, -0.2) is 0 Å². The van der Waals surface area contributed by atoms with Crippen molar-refractivity contribution in [1.29, 1.82) is 0 Å². The number of nitrogen functional groups attached to an aromatic ring is 1. The highest BCUT2D eigenvalue weighted by atomic mass is 16.3. The highest BCUT2D eigenvalue weighted by Gasteiger charge is 2.27. The first-order valence-corrected chi connectivity index (χ1v) is 6.90. The van der Waals surface area contributed by atoms with Gasteiger partial charge in [-0.2, -0.15) is 5.10 Å². The lowest BCUT2D eigenvalue weighted by Gasteiger charge is -2.30. The quantitative estimate of drug-likeness (QED) is 0.750. The first kappa shape index (κ1) is 13.9. The van der Waals surface area contributed by atoms with Crippen LogP contribution in [0.15, 0.2) is 6.20 Å². The number of aliphatic hydroxyl groups excluding tert-OH is 1. The number of carbonyl (C=O) groups excluding carboxylic acids is 1. The molecule has 6 heteroatoms. The van der Waals surface area contributed by atoms with Crippen molar-refractivity contribution in [2.75, 3.05) is 12.3 Å². The summed E-state index contributed by atoms with van der Waals surface area (Å²) in [6.45, 7) is 2.74. The Morgan fingerprint density at radius 3 is 2.95 bits per heavy atom. The predicted octanol–water partition coefficient (Wildman–Crippen LogP) is 0.766. The van der Waals surface area contributed by atoms with Crippen LogP contribution in [0, 0.1) is 5.92 Å². The molecule has 1 amide bonds. The molecule has 1 aliphatic rings. The van der Waals surface area contributed by atoms with E-state index in [0.29, 0.717) is 12.2 Å². The highest BCUT2D eigenvalue weighted by molar-refractivity contribution is 5.97. The number of rotatable bonds is 4. The van der Waals surface area contributed by atoms with E-state index in [-0.39, 0.29) is 30.2 Å². The largest absolute Gasteiger partial charge is 0.396 e. The third kappa shape index (κ3) is 3.07. The van der Waals surface area contributed by atoms with Gasteiger partial charge in [0.05, 0.1) is 5.69 Å². The molecule has 2 atom stereocenters. The molecular weight excluding hydrogens is 244 g/mol. The SMILES string of the molecule is CCn1cc(N)c(C(=O)NC2CCCCC2CO)n1. The molecule has 4 N–H and O–H groups in total. The lowest BCUT2D eigenvalue weighted by molar-refractivity contribution is 0.0867. The van der Waals surface area contributed by atoms with Crippen LogP contribution < -0.4 is 11.1 Å². The molecule has 0 saturated heterocycles. The number of carbonyl (C=O) groups is 1. The molecule has 106 valence electrons. The van der Waals surface area contributed by atoms with Gasteiger partial charge in [0.15, 0.2) is 5.69 Å². The third-order valence-electron chi connectivity index (χ3n) is 3.79. The number of anilines is 1. The minimum atomic E-state index is -0.241. The zero-order chi connectivity index (χ0) is 13.8. The van der Waals surface area contributed by atoms with Gasteiger partial charge in [-0.3, -0.25) is 9.48 Å². The summed E-state index contributed by atoms with van der Waals surface area (Å²) in [5.74, 6) is -0.0952. The fourth-order valence-corrected chi connectivity index (χ4v) is 2.63. The van der Waals surface area contributed by atoms with Crippen molar-refractivity contribution < 1.29 is 9.90 Å². The number of hydrogen-bond donors (Lipinski definition) is 3. The van der Waals surface area contributed by atoms with E-state index in [9.17, 15) is 9.90 Å². The maximum atomic E-state index is 12.2. The van der Waals surface area contributed by atoms with Gasteiger partial charge < -0.3 is 16.2 Å². The van der Waals surface area contributed by atoms with E-state index in [1.165, 1.54) is 0 Å². The summed E-state index contributed by atoms with van der Waals surface area (Å²) in [5, 5.41) is 16.5. The minimum absolute atomic E-state index is 0.0254. The van der Waals surface area contributed by atoms with Gasteiger partial charge in [-0.15, -0.1) is 0 Å². The number of nitrogens with one attached hydrogen (secondary N) is 1. The number of aryl methyl sites for hydroxylation is 1. The molecule has 1 aromatic rings. The molecule has 1 saturated carbocycles. The van der Waals surface area contributed by atoms with Gasteiger partial charge in [0.2, 0.25) is 0 Å². The second-order valence-electron chi connectivity index (χ2n) is 5.10. The summed E-state index contributed by atoms with van der Waals surface area (Å²) in [6, 6.07) is 0.0254. The van der Waals surface area contributed by atoms with Crippen molar-refractivity contribution in [2.45, 2.75) is 45.2 Å². The minimum Gasteiger partial charge on any atom is -0.396 e. The van der Waals surface area contributed by atoms with Crippen LogP contribution in [0.5, 0.6) is 0 Å². The average Bonchev–Trinajstić information content (AvgIpc) is 2.80. The molecule has 1 aliphatic carbocycles. The molecule has 1 heterocycles. The molecule has 0 radical (unpaired) electrons. The smallest absolute Gasteiger partial charge is 0.274 e. The topological polar surface area (TPSA) is 93.2 Å². The molecule has 0 spiro atoms. The van der Waals surface area contributed by atoms with Crippen molar-refractivity contribution >= 4 is 11.6 Å². The highest BCUT2D eigenvalue weighted by Crippen LogP contribution is 2.24. The van der Waals surface area contributed by atoms with Gasteiger partial charge in [-0.05, 0) is 19.8 Å². The van der Waals surface area contributed by atoms with Gasteiger partial charge in [-0.1, -0.05) is 12.8 Å². The zero-order valence-electron chi connectivity index (χ0n) is 11.3. The van der Waals surface area contributed by atoms with E-state index >= 15 is 0 Å². The molecule has 0 aliphatic heterocycles. The standard InChI is InChI=1S/C13H22N4O2/c1-2-17-7-10(14)12(16-17)13(19)15-11-6-4-3-5-9(11)8-18/h7,9,11,18H,2-6,8,14H2,1H3,(H,15,19). The second kappa shape index (κ2) is 6.06. The van der Waals surface area contributed by atoms with Crippen molar-refractivity contribution in [1.82, 2.24) is 15.1 Å². The lowest BCUT2D eigenvalue weighted by atomic mass is 9.85. The Morgan fingerprint density at radius 2 is 2.32 bits per heavy atom. The van der Waals surface area contributed by atoms with Crippen molar-refractivity contribution in [3.63, 3.8) is 0 Å².